The van der Waals surface area contributed by atoms with Crippen molar-refractivity contribution in [2.75, 3.05) is 6.61 Å². The standard InChI is InChI=1S/C16H16N2O5/c1-10-7-13(11(2)23-10)16(21)18-17-8-12-5-3-4-6-14(12)22-9-15(19)20/h3-8H,9H2,1-2H3,(H,18,21)(H,19,20)/b17-8-. The van der Waals surface area contributed by atoms with Gasteiger partial charge in [-0.3, -0.25) is 4.79 Å². The van der Waals surface area contributed by atoms with Gasteiger partial charge in [-0.05, 0) is 32.0 Å². The Morgan fingerprint density at radius 1 is 1.35 bits per heavy atom. The second-order valence-corrected chi connectivity index (χ2v) is 4.75. The molecule has 7 heteroatoms. The van der Waals surface area contributed by atoms with E-state index < -0.39 is 12.6 Å². The quantitative estimate of drug-likeness (QED) is 0.628. The average Bonchev–Trinajstić information content (AvgIpc) is 2.85. The molecule has 2 rings (SSSR count). The van der Waals surface area contributed by atoms with Gasteiger partial charge >= 0.3 is 5.97 Å². The molecular weight excluding hydrogens is 300 g/mol. The van der Waals surface area contributed by atoms with E-state index in [1.807, 2.05) is 0 Å². The largest absolute Gasteiger partial charge is 0.481 e. The van der Waals surface area contributed by atoms with Gasteiger partial charge in [-0.2, -0.15) is 5.10 Å². The molecule has 0 aliphatic carbocycles. The molecule has 0 bridgehead atoms. The fourth-order valence-corrected chi connectivity index (χ4v) is 1.94. The van der Waals surface area contributed by atoms with Crippen molar-refractivity contribution < 1.29 is 23.8 Å². The maximum absolute atomic E-state index is 12.0. The molecule has 0 atom stereocenters. The Morgan fingerprint density at radius 2 is 2.09 bits per heavy atom. The van der Waals surface area contributed by atoms with Crippen molar-refractivity contribution in [1.29, 1.82) is 0 Å². The molecule has 1 aromatic heterocycles. The minimum Gasteiger partial charge on any atom is -0.481 e. The first-order valence-electron chi connectivity index (χ1n) is 6.81. The molecule has 0 spiro atoms. The number of para-hydroxylation sites is 1. The van der Waals surface area contributed by atoms with Gasteiger partial charge in [0.25, 0.3) is 5.91 Å². The first kappa shape index (κ1) is 16.3. The number of nitrogens with zero attached hydrogens (tertiary/aromatic N) is 1. The van der Waals surface area contributed by atoms with Crippen LogP contribution in [-0.2, 0) is 4.79 Å². The van der Waals surface area contributed by atoms with Crippen molar-refractivity contribution in [3.05, 3.63) is 53.0 Å². The van der Waals surface area contributed by atoms with Gasteiger partial charge in [0.1, 0.15) is 17.3 Å². The molecule has 1 amide bonds. The Labute approximate surface area is 132 Å². The molecule has 7 nitrogen and oxygen atoms in total. The number of carbonyl (C=O) groups excluding carboxylic acids is 1. The Balaban J connectivity index is 2.04. The topological polar surface area (TPSA) is 101 Å². The van der Waals surface area contributed by atoms with E-state index in [0.717, 1.165) is 0 Å². The summed E-state index contributed by atoms with van der Waals surface area (Å²) in [5.41, 5.74) is 3.35. The number of aliphatic carboxylic acids is 1. The van der Waals surface area contributed by atoms with Gasteiger partial charge in [-0.25, -0.2) is 10.2 Å². The minimum atomic E-state index is -1.07. The number of carbonyl (C=O) groups is 2. The number of rotatable bonds is 6. The third kappa shape index (κ3) is 4.44. The van der Waals surface area contributed by atoms with Crippen LogP contribution >= 0.6 is 0 Å². The number of nitrogens with one attached hydrogen (secondary N) is 1. The molecule has 23 heavy (non-hydrogen) atoms. The van der Waals surface area contributed by atoms with E-state index >= 15 is 0 Å². The Morgan fingerprint density at radius 3 is 2.74 bits per heavy atom. The molecule has 0 fully saturated rings. The summed E-state index contributed by atoms with van der Waals surface area (Å²) in [5, 5.41) is 12.5. The van der Waals surface area contributed by atoms with Crippen molar-refractivity contribution in [2.24, 2.45) is 5.10 Å². The van der Waals surface area contributed by atoms with E-state index in [-0.39, 0.29) is 5.91 Å². The highest BCUT2D eigenvalue weighted by Crippen LogP contribution is 2.16. The van der Waals surface area contributed by atoms with E-state index in [4.69, 9.17) is 14.3 Å². The number of carboxylic acids is 1. The molecule has 2 N–H and O–H groups in total. The Kier molecular flexibility index (Phi) is 5.14. The highest BCUT2D eigenvalue weighted by atomic mass is 16.5. The third-order valence-corrected chi connectivity index (χ3v) is 2.93. The lowest BCUT2D eigenvalue weighted by atomic mass is 10.2. The number of aryl methyl sites for hydroxylation is 2. The fraction of sp³-hybridized carbons (Fsp3) is 0.188. The van der Waals surface area contributed by atoms with Crippen molar-refractivity contribution in [1.82, 2.24) is 5.43 Å². The van der Waals surface area contributed by atoms with Crippen molar-refractivity contribution in [3.63, 3.8) is 0 Å². The summed E-state index contributed by atoms with van der Waals surface area (Å²) in [4.78, 5) is 22.5. The second-order valence-electron chi connectivity index (χ2n) is 4.75. The molecule has 0 saturated heterocycles. The number of hydrogen-bond donors (Lipinski definition) is 2. The lowest BCUT2D eigenvalue weighted by Crippen LogP contribution is -2.18. The summed E-state index contributed by atoms with van der Waals surface area (Å²) >= 11 is 0. The SMILES string of the molecule is Cc1cc(C(=O)N/N=C\c2ccccc2OCC(=O)O)c(C)o1. The molecule has 120 valence electrons. The third-order valence-electron chi connectivity index (χ3n) is 2.93. The molecule has 1 aromatic carbocycles. The van der Waals surface area contributed by atoms with Gasteiger partial charge in [-0.15, -0.1) is 0 Å². The van der Waals surface area contributed by atoms with Gasteiger partial charge < -0.3 is 14.3 Å². The summed E-state index contributed by atoms with van der Waals surface area (Å²) in [6.45, 7) is 2.99. The zero-order valence-electron chi connectivity index (χ0n) is 12.7. The summed E-state index contributed by atoms with van der Waals surface area (Å²) in [5.74, 6) is 0.0584. The van der Waals surface area contributed by atoms with Crippen LogP contribution in [0, 0.1) is 13.8 Å². The predicted octanol–water partition coefficient (Wildman–Crippen LogP) is 2.12. The molecule has 0 radical (unpaired) electrons. The van der Waals surface area contributed by atoms with Crippen LogP contribution in [0.15, 0.2) is 39.9 Å². The van der Waals surface area contributed by atoms with E-state index in [0.29, 0.717) is 28.4 Å². The van der Waals surface area contributed by atoms with Gasteiger partial charge in [0.2, 0.25) is 0 Å². The molecule has 0 aliphatic heterocycles. The molecule has 0 saturated carbocycles. The van der Waals surface area contributed by atoms with Gasteiger partial charge in [0, 0.05) is 5.56 Å². The van der Waals surface area contributed by atoms with Crippen LogP contribution in [-0.4, -0.2) is 29.8 Å². The van der Waals surface area contributed by atoms with E-state index in [1.165, 1.54) is 6.21 Å². The first-order valence-corrected chi connectivity index (χ1v) is 6.81. The Hall–Kier alpha value is -3.09. The lowest BCUT2D eigenvalue weighted by Gasteiger charge is -2.06. The van der Waals surface area contributed by atoms with Crippen molar-refractivity contribution in [2.45, 2.75) is 13.8 Å². The monoisotopic (exact) mass is 316 g/mol. The number of hydrogen-bond acceptors (Lipinski definition) is 5. The van der Waals surface area contributed by atoms with Crippen molar-refractivity contribution >= 4 is 18.1 Å². The average molecular weight is 316 g/mol. The van der Waals surface area contributed by atoms with Crippen LogP contribution in [0.4, 0.5) is 0 Å². The number of furan rings is 1. The maximum Gasteiger partial charge on any atom is 0.341 e. The van der Waals surface area contributed by atoms with E-state index in [1.54, 1.807) is 44.2 Å². The molecule has 2 aromatic rings. The number of amides is 1. The molecule has 0 unspecified atom stereocenters. The second kappa shape index (κ2) is 7.26. The highest BCUT2D eigenvalue weighted by Gasteiger charge is 2.12. The van der Waals surface area contributed by atoms with Crippen LogP contribution in [0.3, 0.4) is 0 Å². The fourth-order valence-electron chi connectivity index (χ4n) is 1.94. The summed E-state index contributed by atoms with van der Waals surface area (Å²) < 4.78 is 10.4. The zero-order valence-corrected chi connectivity index (χ0v) is 12.7. The van der Waals surface area contributed by atoms with E-state index in [9.17, 15) is 9.59 Å². The molecular formula is C16H16N2O5. The normalized spacial score (nSPS) is 10.7. The van der Waals surface area contributed by atoms with Gasteiger partial charge in [-0.1, -0.05) is 12.1 Å². The molecule has 0 aliphatic rings. The van der Waals surface area contributed by atoms with Crippen LogP contribution in [0.25, 0.3) is 0 Å². The highest BCUT2D eigenvalue weighted by molar-refractivity contribution is 5.96. The van der Waals surface area contributed by atoms with Crippen LogP contribution in [0.5, 0.6) is 5.75 Å². The summed E-state index contributed by atoms with van der Waals surface area (Å²) in [6, 6.07) is 8.41. The van der Waals surface area contributed by atoms with Crippen LogP contribution < -0.4 is 10.2 Å². The zero-order chi connectivity index (χ0) is 16.8. The lowest BCUT2D eigenvalue weighted by molar-refractivity contribution is -0.139. The van der Waals surface area contributed by atoms with Gasteiger partial charge in [0.05, 0.1) is 11.8 Å². The Bertz CT molecular complexity index is 749. The first-order chi connectivity index (χ1) is 11.0. The smallest absolute Gasteiger partial charge is 0.341 e. The number of ether oxygens (including phenoxy) is 1. The van der Waals surface area contributed by atoms with E-state index in [2.05, 4.69) is 10.5 Å². The summed E-state index contributed by atoms with van der Waals surface area (Å²) in [6.07, 6.45) is 1.39. The van der Waals surface area contributed by atoms with Crippen LogP contribution in [0.2, 0.25) is 0 Å². The number of carboxylic acid groups (broad SMARTS) is 1. The summed E-state index contributed by atoms with van der Waals surface area (Å²) in [7, 11) is 0. The minimum absolute atomic E-state index is 0.364. The maximum atomic E-state index is 12.0. The number of benzene rings is 1. The number of hydrazone groups is 1. The molecule has 1 heterocycles. The van der Waals surface area contributed by atoms with Gasteiger partial charge in [0.15, 0.2) is 6.61 Å². The predicted molar refractivity (Wildman–Crippen MR) is 82.8 cm³/mol. The van der Waals surface area contributed by atoms with Crippen LogP contribution in [0.1, 0.15) is 27.4 Å². The van der Waals surface area contributed by atoms with Crippen molar-refractivity contribution in [3.8, 4) is 5.75 Å².